The molecule has 2 amide bonds. The highest BCUT2D eigenvalue weighted by molar-refractivity contribution is 5.86. The van der Waals surface area contributed by atoms with Crippen LogP contribution < -0.4 is 5.32 Å². The summed E-state index contributed by atoms with van der Waals surface area (Å²) in [6.07, 6.45) is 0. The summed E-state index contributed by atoms with van der Waals surface area (Å²) in [4.78, 5) is 19.4. The van der Waals surface area contributed by atoms with Crippen LogP contribution in [0.2, 0.25) is 0 Å². The molecule has 1 aromatic heterocycles. The standard InChI is InChI=1S/C25H28N4O2/c1-15(2)14-29-18(5)21(22(26-25(29)30)19-10-6-16(3)7-11-19)24-27-23(28-31-24)20-12-8-17(4)9-13-20/h6-13,15,22H,14H2,1-5H3,(H,26,30). The molecule has 2 aromatic carbocycles. The lowest BCUT2D eigenvalue weighted by Crippen LogP contribution is -2.47. The molecule has 0 bridgehead atoms. The van der Waals surface area contributed by atoms with Crippen molar-refractivity contribution in [1.29, 1.82) is 0 Å². The van der Waals surface area contributed by atoms with Crippen LogP contribution in [-0.2, 0) is 0 Å². The van der Waals surface area contributed by atoms with E-state index in [0.717, 1.165) is 28.0 Å². The number of urea groups is 1. The van der Waals surface area contributed by atoms with Crippen molar-refractivity contribution in [2.45, 2.75) is 40.7 Å². The minimum atomic E-state index is -0.358. The van der Waals surface area contributed by atoms with Crippen molar-refractivity contribution in [1.82, 2.24) is 20.4 Å². The summed E-state index contributed by atoms with van der Waals surface area (Å²) in [7, 11) is 0. The highest BCUT2D eigenvalue weighted by Gasteiger charge is 2.35. The lowest BCUT2D eigenvalue weighted by atomic mass is 9.94. The first-order chi connectivity index (χ1) is 14.8. The molecule has 1 aliphatic heterocycles. The van der Waals surface area contributed by atoms with E-state index in [2.05, 4.69) is 24.3 Å². The predicted octanol–water partition coefficient (Wildman–Crippen LogP) is 5.51. The molecule has 4 rings (SSSR count). The van der Waals surface area contributed by atoms with Crippen LogP contribution in [0.5, 0.6) is 0 Å². The van der Waals surface area contributed by atoms with Gasteiger partial charge in [-0.2, -0.15) is 4.98 Å². The van der Waals surface area contributed by atoms with Crippen LogP contribution in [0.25, 0.3) is 17.0 Å². The van der Waals surface area contributed by atoms with Gasteiger partial charge in [-0.05, 0) is 32.3 Å². The summed E-state index contributed by atoms with van der Waals surface area (Å²) in [6, 6.07) is 15.7. The van der Waals surface area contributed by atoms with E-state index in [-0.39, 0.29) is 12.1 Å². The average Bonchev–Trinajstić information content (AvgIpc) is 3.21. The Labute approximate surface area is 183 Å². The van der Waals surface area contributed by atoms with E-state index in [0.29, 0.717) is 24.2 Å². The van der Waals surface area contributed by atoms with Crippen molar-refractivity contribution in [2.24, 2.45) is 5.92 Å². The van der Waals surface area contributed by atoms with E-state index in [4.69, 9.17) is 9.51 Å². The number of carbonyl (C=O) groups excluding carboxylic acids is 1. The monoisotopic (exact) mass is 416 g/mol. The molecule has 1 aliphatic rings. The fraction of sp³-hybridized carbons (Fsp3) is 0.320. The molecule has 6 nitrogen and oxygen atoms in total. The van der Waals surface area contributed by atoms with Gasteiger partial charge in [0.25, 0.3) is 5.89 Å². The van der Waals surface area contributed by atoms with E-state index < -0.39 is 0 Å². The summed E-state index contributed by atoms with van der Waals surface area (Å²) in [5, 5.41) is 7.37. The van der Waals surface area contributed by atoms with Crippen LogP contribution >= 0.6 is 0 Å². The molecule has 0 saturated heterocycles. The Balaban J connectivity index is 1.80. The summed E-state index contributed by atoms with van der Waals surface area (Å²) in [5.74, 6) is 1.28. The van der Waals surface area contributed by atoms with Gasteiger partial charge in [0.2, 0.25) is 5.82 Å². The second-order valence-electron chi connectivity index (χ2n) is 8.59. The van der Waals surface area contributed by atoms with Crippen molar-refractivity contribution in [3.63, 3.8) is 0 Å². The molecular formula is C25H28N4O2. The minimum absolute atomic E-state index is 0.112. The van der Waals surface area contributed by atoms with Gasteiger partial charge in [-0.15, -0.1) is 0 Å². The molecule has 0 fully saturated rings. The van der Waals surface area contributed by atoms with Crippen molar-refractivity contribution < 1.29 is 9.32 Å². The first-order valence-corrected chi connectivity index (χ1v) is 10.6. The van der Waals surface area contributed by atoms with Crippen LogP contribution in [0.4, 0.5) is 4.79 Å². The number of aromatic nitrogens is 2. The molecule has 6 heteroatoms. The number of nitrogens with zero attached hydrogens (tertiary/aromatic N) is 3. The van der Waals surface area contributed by atoms with Crippen molar-refractivity contribution >= 4 is 11.6 Å². The molecule has 0 radical (unpaired) electrons. The van der Waals surface area contributed by atoms with Crippen molar-refractivity contribution in [2.75, 3.05) is 6.54 Å². The number of benzene rings is 2. The number of amides is 2. The molecule has 1 unspecified atom stereocenters. The van der Waals surface area contributed by atoms with Gasteiger partial charge in [0.05, 0.1) is 11.6 Å². The number of rotatable bonds is 5. The zero-order valence-electron chi connectivity index (χ0n) is 18.6. The third-order valence-corrected chi connectivity index (χ3v) is 5.52. The Hall–Kier alpha value is -3.41. The van der Waals surface area contributed by atoms with E-state index in [1.165, 1.54) is 5.56 Å². The molecule has 160 valence electrons. The Bertz CT molecular complexity index is 1110. The zero-order chi connectivity index (χ0) is 22.1. The van der Waals surface area contributed by atoms with E-state index >= 15 is 0 Å². The quantitative estimate of drug-likeness (QED) is 0.595. The molecule has 1 atom stereocenters. The minimum Gasteiger partial charge on any atom is -0.334 e. The molecular weight excluding hydrogens is 388 g/mol. The third kappa shape index (κ3) is 4.24. The van der Waals surface area contributed by atoms with Crippen LogP contribution in [0.1, 0.15) is 49.4 Å². The van der Waals surface area contributed by atoms with Gasteiger partial charge in [0.1, 0.15) is 0 Å². The molecule has 31 heavy (non-hydrogen) atoms. The van der Waals surface area contributed by atoms with E-state index in [1.807, 2.05) is 69.3 Å². The largest absolute Gasteiger partial charge is 0.334 e. The van der Waals surface area contributed by atoms with Crippen LogP contribution in [-0.4, -0.2) is 27.6 Å². The zero-order valence-corrected chi connectivity index (χ0v) is 18.6. The van der Waals surface area contributed by atoms with E-state index in [1.54, 1.807) is 4.90 Å². The van der Waals surface area contributed by atoms with Gasteiger partial charge >= 0.3 is 6.03 Å². The van der Waals surface area contributed by atoms with Crippen molar-refractivity contribution in [3.05, 3.63) is 76.8 Å². The molecule has 0 aliphatic carbocycles. The molecule has 2 heterocycles. The first kappa shape index (κ1) is 20.8. The molecule has 0 saturated carbocycles. The van der Waals surface area contributed by atoms with Crippen LogP contribution in [0.15, 0.2) is 58.8 Å². The molecule has 1 N–H and O–H groups in total. The summed E-state index contributed by atoms with van der Waals surface area (Å²) < 4.78 is 5.73. The van der Waals surface area contributed by atoms with Crippen molar-refractivity contribution in [3.8, 4) is 11.4 Å². The maximum atomic E-state index is 12.9. The first-order valence-electron chi connectivity index (χ1n) is 10.6. The second-order valence-corrected chi connectivity index (χ2v) is 8.59. The summed E-state index contributed by atoms with van der Waals surface area (Å²) in [6.45, 7) is 10.8. The van der Waals surface area contributed by atoms with Gasteiger partial charge in [-0.1, -0.05) is 78.7 Å². The maximum absolute atomic E-state index is 12.9. The van der Waals surface area contributed by atoms with Gasteiger partial charge < -0.3 is 9.84 Å². The Morgan fingerprint density at radius 2 is 1.61 bits per heavy atom. The Morgan fingerprint density at radius 1 is 1.00 bits per heavy atom. The molecule has 0 spiro atoms. The number of carbonyl (C=O) groups is 1. The van der Waals surface area contributed by atoms with Crippen LogP contribution in [0.3, 0.4) is 0 Å². The summed E-state index contributed by atoms with van der Waals surface area (Å²) >= 11 is 0. The smallest absolute Gasteiger partial charge is 0.322 e. The van der Waals surface area contributed by atoms with Gasteiger partial charge in [-0.25, -0.2) is 4.79 Å². The number of aryl methyl sites for hydroxylation is 2. The second kappa shape index (κ2) is 8.38. The number of nitrogens with one attached hydrogen (secondary N) is 1. The number of hydrogen-bond donors (Lipinski definition) is 1. The number of allylic oxidation sites excluding steroid dienone is 1. The van der Waals surface area contributed by atoms with Gasteiger partial charge in [0.15, 0.2) is 0 Å². The topological polar surface area (TPSA) is 71.3 Å². The van der Waals surface area contributed by atoms with E-state index in [9.17, 15) is 4.79 Å². The summed E-state index contributed by atoms with van der Waals surface area (Å²) in [5.41, 5.74) is 5.87. The number of hydrogen-bond acceptors (Lipinski definition) is 4. The average molecular weight is 417 g/mol. The lowest BCUT2D eigenvalue weighted by Gasteiger charge is -2.36. The fourth-order valence-corrected chi connectivity index (χ4v) is 3.81. The lowest BCUT2D eigenvalue weighted by molar-refractivity contribution is 0.199. The SMILES string of the molecule is CC1=C(c2nc(-c3ccc(C)cc3)no2)C(c2ccc(C)cc2)NC(=O)N1CC(C)C. The van der Waals surface area contributed by atoms with Gasteiger partial charge in [0, 0.05) is 17.8 Å². The molecule has 3 aromatic rings. The normalized spacial score (nSPS) is 16.8. The maximum Gasteiger partial charge on any atom is 0.322 e. The predicted molar refractivity (Wildman–Crippen MR) is 121 cm³/mol. The highest BCUT2D eigenvalue weighted by atomic mass is 16.5. The Kier molecular flexibility index (Phi) is 5.63. The van der Waals surface area contributed by atoms with Gasteiger partial charge in [-0.3, -0.25) is 4.90 Å². The highest BCUT2D eigenvalue weighted by Crippen LogP contribution is 2.37. The Morgan fingerprint density at radius 3 is 2.23 bits per heavy atom. The van der Waals surface area contributed by atoms with Crippen LogP contribution in [0, 0.1) is 19.8 Å². The third-order valence-electron chi connectivity index (χ3n) is 5.52. The fourth-order valence-electron chi connectivity index (χ4n) is 3.81.